The first-order valence-electron chi connectivity index (χ1n) is 5.15. The van der Waals surface area contributed by atoms with Crippen molar-refractivity contribution in [2.24, 2.45) is 5.73 Å². The average Bonchev–Trinajstić information content (AvgIpc) is 2.32. The maximum atomic E-state index is 13.6. The Morgan fingerprint density at radius 1 is 0.944 bits per heavy atom. The molecule has 0 heterocycles. The van der Waals surface area contributed by atoms with Crippen molar-refractivity contribution >= 4 is 23.2 Å². The standard InChI is InChI=1S/C13H9Cl2F2N/c14-8-4-1-3-7(12(8)15)13(18)11-9(16)5-2-6-10(11)17/h1-6,13H,18H2. The summed E-state index contributed by atoms with van der Waals surface area (Å²) in [5.74, 6) is -1.42. The molecule has 5 heteroatoms. The Kier molecular flexibility index (Phi) is 3.85. The Bertz CT molecular complexity index is 567. The zero-order valence-corrected chi connectivity index (χ0v) is 10.6. The summed E-state index contributed by atoms with van der Waals surface area (Å²) in [6, 6.07) is 7.37. The molecule has 0 spiro atoms. The first-order chi connectivity index (χ1) is 8.52. The molecule has 0 aliphatic rings. The number of hydrogen-bond donors (Lipinski definition) is 1. The van der Waals surface area contributed by atoms with Crippen LogP contribution >= 0.6 is 23.2 Å². The smallest absolute Gasteiger partial charge is 0.131 e. The highest BCUT2D eigenvalue weighted by molar-refractivity contribution is 6.42. The summed E-state index contributed by atoms with van der Waals surface area (Å²) in [6.07, 6.45) is 0. The Balaban J connectivity index is 2.55. The molecule has 0 fully saturated rings. The summed E-state index contributed by atoms with van der Waals surface area (Å²) in [4.78, 5) is 0. The number of hydrogen-bond acceptors (Lipinski definition) is 1. The second kappa shape index (κ2) is 5.22. The minimum atomic E-state index is -1.00. The van der Waals surface area contributed by atoms with Crippen LogP contribution in [0.2, 0.25) is 10.0 Å². The van der Waals surface area contributed by atoms with Crippen molar-refractivity contribution in [1.29, 1.82) is 0 Å². The SMILES string of the molecule is NC(c1cccc(Cl)c1Cl)c1c(F)cccc1F. The molecule has 0 amide bonds. The van der Waals surface area contributed by atoms with Crippen molar-refractivity contribution in [3.05, 3.63) is 69.2 Å². The van der Waals surface area contributed by atoms with Crippen molar-refractivity contribution in [2.45, 2.75) is 6.04 Å². The normalized spacial score (nSPS) is 12.5. The molecule has 2 aromatic rings. The van der Waals surface area contributed by atoms with Crippen LogP contribution in [0.5, 0.6) is 0 Å². The fourth-order valence-corrected chi connectivity index (χ4v) is 2.15. The van der Waals surface area contributed by atoms with Gasteiger partial charge < -0.3 is 5.73 Å². The summed E-state index contributed by atoms with van der Waals surface area (Å²) < 4.78 is 27.2. The summed E-state index contributed by atoms with van der Waals surface area (Å²) >= 11 is 11.8. The predicted octanol–water partition coefficient (Wildman–Crippen LogP) is 4.32. The van der Waals surface area contributed by atoms with E-state index >= 15 is 0 Å². The van der Waals surface area contributed by atoms with Gasteiger partial charge in [-0.25, -0.2) is 8.78 Å². The van der Waals surface area contributed by atoms with E-state index in [0.717, 1.165) is 12.1 Å². The van der Waals surface area contributed by atoms with E-state index in [1.165, 1.54) is 6.07 Å². The molecule has 0 radical (unpaired) electrons. The van der Waals surface area contributed by atoms with E-state index in [9.17, 15) is 8.78 Å². The molecule has 2 N–H and O–H groups in total. The second-order valence-electron chi connectivity index (χ2n) is 3.76. The number of rotatable bonds is 2. The van der Waals surface area contributed by atoms with Crippen LogP contribution < -0.4 is 5.73 Å². The van der Waals surface area contributed by atoms with Gasteiger partial charge in [0, 0.05) is 5.56 Å². The van der Waals surface area contributed by atoms with Crippen LogP contribution in [0.3, 0.4) is 0 Å². The monoisotopic (exact) mass is 287 g/mol. The molecular weight excluding hydrogens is 279 g/mol. The lowest BCUT2D eigenvalue weighted by atomic mass is 9.98. The van der Waals surface area contributed by atoms with Crippen molar-refractivity contribution < 1.29 is 8.78 Å². The first kappa shape index (κ1) is 13.3. The van der Waals surface area contributed by atoms with Crippen molar-refractivity contribution in [3.8, 4) is 0 Å². The third kappa shape index (κ3) is 2.34. The van der Waals surface area contributed by atoms with Crippen molar-refractivity contribution in [1.82, 2.24) is 0 Å². The fraction of sp³-hybridized carbons (Fsp3) is 0.0769. The van der Waals surface area contributed by atoms with Gasteiger partial charge in [0.1, 0.15) is 11.6 Å². The average molecular weight is 288 g/mol. The first-order valence-corrected chi connectivity index (χ1v) is 5.91. The van der Waals surface area contributed by atoms with E-state index < -0.39 is 17.7 Å². The molecule has 18 heavy (non-hydrogen) atoms. The van der Waals surface area contributed by atoms with Gasteiger partial charge >= 0.3 is 0 Å². The Labute approximate surface area is 113 Å². The van der Waals surface area contributed by atoms with E-state index in [0.29, 0.717) is 10.6 Å². The quantitative estimate of drug-likeness (QED) is 0.875. The van der Waals surface area contributed by atoms with E-state index in [4.69, 9.17) is 28.9 Å². The van der Waals surface area contributed by atoms with Gasteiger partial charge in [-0.2, -0.15) is 0 Å². The van der Waals surface area contributed by atoms with E-state index in [2.05, 4.69) is 0 Å². The third-order valence-corrected chi connectivity index (χ3v) is 3.46. The largest absolute Gasteiger partial charge is 0.320 e. The molecule has 0 aliphatic carbocycles. The van der Waals surface area contributed by atoms with E-state index in [1.807, 2.05) is 0 Å². The zero-order valence-electron chi connectivity index (χ0n) is 9.13. The summed E-state index contributed by atoms with van der Waals surface area (Å²) in [5.41, 5.74) is 6.03. The molecule has 94 valence electrons. The van der Waals surface area contributed by atoms with Gasteiger partial charge in [0.05, 0.1) is 16.1 Å². The second-order valence-corrected chi connectivity index (χ2v) is 4.54. The lowest BCUT2D eigenvalue weighted by Gasteiger charge is -2.16. The van der Waals surface area contributed by atoms with Crippen molar-refractivity contribution in [2.75, 3.05) is 0 Å². The lowest BCUT2D eigenvalue weighted by molar-refractivity contribution is 0.543. The highest BCUT2D eigenvalue weighted by Crippen LogP contribution is 2.33. The molecule has 2 rings (SSSR count). The summed E-state index contributed by atoms with van der Waals surface area (Å²) in [5, 5.41) is 0.496. The summed E-state index contributed by atoms with van der Waals surface area (Å²) in [6.45, 7) is 0. The molecule has 0 saturated heterocycles. The molecule has 0 bridgehead atoms. The van der Waals surface area contributed by atoms with Gasteiger partial charge in [-0.15, -0.1) is 0 Å². The Hall–Kier alpha value is -1.16. The van der Waals surface area contributed by atoms with Crippen LogP contribution in [-0.4, -0.2) is 0 Å². The number of halogens is 4. The predicted molar refractivity (Wildman–Crippen MR) is 68.9 cm³/mol. The van der Waals surface area contributed by atoms with Gasteiger partial charge in [0.2, 0.25) is 0 Å². The molecule has 2 aromatic carbocycles. The van der Waals surface area contributed by atoms with Gasteiger partial charge in [-0.05, 0) is 23.8 Å². The van der Waals surface area contributed by atoms with E-state index in [1.54, 1.807) is 18.2 Å². The topological polar surface area (TPSA) is 26.0 Å². The van der Waals surface area contributed by atoms with Crippen LogP contribution in [-0.2, 0) is 0 Å². The molecule has 0 aliphatic heterocycles. The highest BCUT2D eigenvalue weighted by Gasteiger charge is 2.20. The molecule has 1 nitrogen and oxygen atoms in total. The zero-order chi connectivity index (χ0) is 13.3. The highest BCUT2D eigenvalue weighted by atomic mass is 35.5. The van der Waals surface area contributed by atoms with Crippen LogP contribution in [0, 0.1) is 11.6 Å². The number of benzene rings is 2. The van der Waals surface area contributed by atoms with E-state index in [-0.39, 0.29) is 10.6 Å². The molecule has 0 saturated carbocycles. The summed E-state index contributed by atoms with van der Waals surface area (Å²) in [7, 11) is 0. The fourth-order valence-electron chi connectivity index (χ4n) is 1.72. The number of nitrogens with two attached hydrogens (primary N) is 1. The third-order valence-electron chi connectivity index (χ3n) is 2.63. The van der Waals surface area contributed by atoms with Crippen LogP contribution in [0.15, 0.2) is 36.4 Å². The minimum Gasteiger partial charge on any atom is -0.320 e. The molecule has 1 atom stereocenters. The van der Waals surface area contributed by atoms with Crippen LogP contribution in [0.25, 0.3) is 0 Å². The maximum absolute atomic E-state index is 13.6. The Morgan fingerprint density at radius 3 is 2.11 bits per heavy atom. The Morgan fingerprint density at radius 2 is 1.50 bits per heavy atom. The maximum Gasteiger partial charge on any atom is 0.131 e. The van der Waals surface area contributed by atoms with Gasteiger partial charge in [0.15, 0.2) is 0 Å². The molecule has 0 aromatic heterocycles. The lowest BCUT2D eigenvalue weighted by Crippen LogP contribution is -2.16. The van der Waals surface area contributed by atoms with Crippen LogP contribution in [0.1, 0.15) is 17.2 Å². The van der Waals surface area contributed by atoms with Gasteiger partial charge in [0.25, 0.3) is 0 Å². The van der Waals surface area contributed by atoms with Crippen LogP contribution in [0.4, 0.5) is 8.78 Å². The molecular formula is C13H9Cl2F2N. The van der Waals surface area contributed by atoms with Gasteiger partial charge in [-0.1, -0.05) is 41.4 Å². The van der Waals surface area contributed by atoms with Gasteiger partial charge in [-0.3, -0.25) is 0 Å². The molecule has 1 unspecified atom stereocenters. The van der Waals surface area contributed by atoms with Crippen molar-refractivity contribution in [3.63, 3.8) is 0 Å². The minimum absolute atomic E-state index is 0.203.